The fourth-order valence-electron chi connectivity index (χ4n) is 4.78. The van der Waals surface area contributed by atoms with Gasteiger partial charge in [0.15, 0.2) is 0 Å². The minimum absolute atomic E-state index is 0.835. The van der Waals surface area contributed by atoms with Gasteiger partial charge in [0.05, 0.1) is 0 Å². The molecule has 3 fully saturated rings. The van der Waals surface area contributed by atoms with Crippen LogP contribution in [0.5, 0.6) is 0 Å². The van der Waals surface area contributed by atoms with Gasteiger partial charge in [0.2, 0.25) is 0 Å². The monoisotopic (exact) mass is 217 g/mol. The van der Waals surface area contributed by atoms with Gasteiger partial charge < -0.3 is 5.32 Å². The van der Waals surface area contributed by atoms with Crippen molar-refractivity contribution in [2.45, 2.75) is 51.0 Å². The van der Waals surface area contributed by atoms with Crippen molar-refractivity contribution in [3.8, 4) is 12.3 Å². The van der Waals surface area contributed by atoms with E-state index in [4.69, 9.17) is 6.42 Å². The number of rotatable bonds is 4. The van der Waals surface area contributed by atoms with Crippen LogP contribution in [-0.2, 0) is 0 Å². The van der Waals surface area contributed by atoms with Gasteiger partial charge in [-0.15, -0.1) is 12.3 Å². The van der Waals surface area contributed by atoms with E-state index in [1.165, 1.54) is 32.1 Å². The van der Waals surface area contributed by atoms with Crippen molar-refractivity contribution in [2.24, 2.45) is 23.7 Å². The SMILES string of the molecule is C#CCCCNC1CC2CC1C1CCCC21. The zero-order valence-electron chi connectivity index (χ0n) is 10.1. The van der Waals surface area contributed by atoms with E-state index in [1.807, 2.05) is 0 Å². The zero-order valence-corrected chi connectivity index (χ0v) is 10.1. The van der Waals surface area contributed by atoms with Gasteiger partial charge in [-0.25, -0.2) is 0 Å². The summed E-state index contributed by atoms with van der Waals surface area (Å²) in [4.78, 5) is 0. The minimum atomic E-state index is 0.835. The van der Waals surface area contributed by atoms with Gasteiger partial charge in [-0.3, -0.25) is 0 Å². The lowest BCUT2D eigenvalue weighted by Crippen LogP contribution is -2.39. The van der Waals surface area contributed by atoms with Crippen LogP contribution in [0.3, 0.4) is 0 Å². The Balaban J connectivity index is 1.50. The molecule has 5 unspecified atom stereocenters. The molecule has 3 saturated carbocycles. The highest BCUT2D eigenvalue weighted by Crippen LogP contribution is 2.58. The second-order valence-corrected chi connectivity index (χ2v) is 6.02. The molecular weight excluding hydrogens is 194 g/mol. The Kier molecular flexibility index (Phi) is 2.94. The lowest BCUT2D eigenvalue weighted by Gasteiger charge is -2.32. The zero-order chi connectivity index (χ0) is 11.0. The summed E-state index contributed by atoms with van der Waals surface area (Å²) in [6, 6.07) is 0.835. The summed E-state index contributed by atoms with van der Waals surface area (Å²) < 4.78 is 0. The standard InChI is InChI=1S/C15H23N/c1-2-3-4-8-16-15-10-11-9-14(15)13-7-5-6-12(11)13/h1,11-16H,3-10H2. The average Bonchev–Trinajstić information content (AvgIpc) is 2.95. The highest BCUT2D eigenvalue weighted by molar-refractivity contribution is 5.05. The maximum absolute atomic E-state index is 5.28. The normalized spacial score (nSPS) is 44.6. The highest BCUT2D eigenvalue weighted by atomic mass is 14.9. The van der Waals surface area contributed by atoms with Crippen molar-refractivity contribution >= 4 is 0 Å². The molecule has 0 aromatic rings. The third kappa shape index (κ3) is 1.68. The van der Waals surface area contributed by atoms with Crippen LogP contribution >= 0.6 is 0 Å². The number of fused-ring (bicyclic) bond motifs is 5. The third-order valence-corrected chi connectivity index (χ3v) is 5.33. The molecule has 1 N–H and O–H groups in total. The first-order valence-electron chi connectivity index (χ1n) is 7.07. The maximum atomic E-state index is 5.28. The fraction of sp³-hybridized carbons (Fsp3) is 0.867. The summed E-state index contributed by atoms with van der Waals surface area (Å²) in [6.07, 6.45) is 14.9. The molecule has 3 rings (SSSR count). The predicted molar refractivity (Wildman–Crippen MR) is 66.9 cm³/mol. The number of nitrogens with one attached hydrogen (secondary N) is 1. The van der Waals surface area contributed by atoms with Crippen molar-refractivity contribution in [2.75, 3.05) is 6.54 Å². The Bertz CT molecular complexity index is 290. The Morgan fingerprint density at radius 3 is 2.88 bits per heavy atom. The number of unbranched alkanes of at least 4 members (excludes halogenated alkanes) is 1. The summed E-state index contributed by atoms with van der Waals surface area (Å²) in [5.41, 5.74) is 0. The first-order valence-corrected chi connectivity index (χ1v) is 7.07. The van der Waals surface area contributed by atoms with E-state index in [0.717, 1.165) is 49.1 Å². The van der Waals surface area contributed by atoms with Gasteiger partial charge in [0.25, 0.3) is 0 Å². The second kappa shape index (κ2) is 4.41. The summed E-state index contributed by atoms with van der Waals surface area (Å²) in [6.45, 7) is 1.13. The van der Waals surface area contributed by atoms with Crippen molar-refractivity contribution in [1.82, 2.24) is 5.32 Å². The van der Waals surface area contributed by atoms with E-state index in [-0.39, 0.29) is 0 Å². The lowest BCUT2D eigenvalue weighted by molar-refractivity contribution is 0.209. The molecule has 0 radical (unpaired) electrons. The molecule has 5 atom stereocenters. The summed E-state index contributed by atoms with van der Waals surface area (Å²) in [5.74, 6) is 7.02. The van der Waals surface area contributed by atoms with Crippen molar-refractivity contribution in [1.29, 1.82) is 0 Å². The molecule has 88 valence electrons. The van der Waals surface area contributed by atoms with Crippen LogP contribution in [0, 0.1) is 36.0 Å². The smallest absolute Gasteiger partial charge is 0.0101 e. The second-order valence-electron chi connectivity index (χ2n) is 6.02. The molecule has 16 heavy (non-hydrogen) atoms. The van der Waals surface area contributed by atoms with Crippen LogP contribution in [0.25, 0.3) is 0 Å². The van der Waals surface area contributed by atoms with Crippen LogP contribution in [-0.4, -0.2) is 12.6 Å². The summed E-state index contributed by atoms with van der Waals surface area (Å²) in [7, 11) is 0. The molecule has 0 spiro atoms. The van der Waals surface area contributed by atoms with Crippen molar-refractivity contribution in [3.63, 3.8) is 0 Å². The predicted octanol–water partition coefficient (Wildman–Crippen LogP) is 2.81. The Labute approximate surface area is 99.4 Å². The number of hydrogen-bond donors (Lipinski definition) is 1. The molecule has 2 bridgehead atoms. The fourth-order valence-corrected chi connectivity index (χ4v) is 4.78. The van der Waals surface area contributed by atoms with Crippen LogP contribution in [0.4, 0.5) is 0 Å². The summed E-state index contributed by atoms with van der Waals surface area (Å²) >= 11 is 0. The molecule has 0 aliphatic heterocycles. The maximum Gasteiger partial charge on any atom is 0.0101 e. The van der Waals surface area contributed by atoms with Gasteiger partial charge in [0, 0.05) is 12.5 Å². The van der Waals surface area contributed by atoms with Crippen molar-refractivity contribution in [3.05, 3.63) is 0 Å². The topological polar surface area (TPSA) is 12.0 Å². The van der Waals surface area contributed by atoms with E-state index < -0.39 is 0 Å². The van der Waals surface area contributed by atoms with E-state index in [0.29, 0.717) is 0 Å². The van der Waals surface area contributed by atoms with Crippen LogP contribution in [0.2, 0.25) is 0 Å². The van der Waals surface area contributed by atoms with Crippen molar-refractivity contribution < 1.29 is 0 Å². The third-order valence-electron chi connectivity index (χ3n) is 5.33. The summed E-state index contributed by atoms with van der Waals surface area (Å²) in [5, 5.41) is 3.76. The first-order chi connectivity index (χ1) is 7.90. The number of hydrogen-bond acceptors (Lipinski definition) is 1. The van der Waals surface area contributed by atoms with Gasteiger partial charge >= 0.3 is 0 Å². The molecule has 0 aromatic heterocycles. The van der Waals surface area contributed by atoms with E-state index in [2.05, 4.69) is 11.2 Å². The quantitative estimate of drug-likeness (QED) is 0.564. The molecule has 0 aromatic carbocycles. The molecule has 0 saturated heterocycles. The van der Waals surface area contributed by atoms with Gasteiger partial charge in [0.1, 0.15) is 0 Å². The molecule has 0 heterocycles. The molecule has 3 aliphatic carbocycles. The lowest BCUT2D eigenvalue weighted by atomic mass is 9.79. The van der Waals surface area contributed by atoms with Crippen LogP contribution in [0.1, 0.15) is 44.9 Å². The van der Waals surface area contributed by atoms with E-state index in [9.17, 15) is 0 Å². The Morgan fingerprint density at radius 2 is 2.00 bits per heavy atom. The van der Waals surface area contributed by atoms with Crippen LogP contribution in [0.15, 0.2) is 0 Å². The van der Waals surface area contributed by atoms with Gasteiger partial charge in [-0.1, -0.05) is 6.42 Å². The molecule has 3 aliphatic rings. The van der Waals surface area contributed by atoms with Gasteiger partial charge in [-0.05, 0) is 62.3 Å². The molecular formula is C15H23N. The van der Waals surface area contributed by atoms with Crippen LogP contribution < -0.4 is 5.32 Å². The Hall–Kier alpha value is -0.480. The van der Waals surface area contributed by atoms with E-state index >= 15 is 0 Å². The number of terminal acetylenes is 1. The average molecular weight is 217 g/mol. The van der Waals surface area contributed by atoms with Gasteiger partial charge in [-0.2, -0.15) is 0 Å². The van der Waals surface area contributed by atoms with E-state index in [1.54, 1.807) is 0 Å². The first kappa shape index (κ1) is 10.7. The Morgan fingerprint density at radius 1 is 1.12 bits per heavy atom. The molecule has 0 amide bonds. The molecule has 1 heteroatoms. The minimum Gasteiger partial charge on any atom is -0.314 e. The molecule has 1 nitrogen and oxygen atoms in total. The highest BCUT2D eigenvalue weighted by Gasteiger charge is 2.53. The largest absolute Gasteiger partial charge is 0.314 e.